The number of anilines is 1. The van der Waals surface area contributed by atoms with Crippen LogP contribution in [-0.4, -0.2) is 41.1 Å². The number of aliphatic carboxylic acids is 1. The smallest absolute Gasteiger partial charge is 0.349 e. The van der Waals surface area contributed by atoms with Gasteiger partial charge < -0.3 is 19.9 Å². The number of carbonyl (C=O) groups excluding carboxylic acids is 3. The van der Waals surface area contributed by atoms with Crippen LogP contribution in [0.3, 0.4) is 0 Å². The number of ether oxygens (including phenoxy) is 2. The zero-order valence-corrected chi connectivity index (χ0v) is 19.9. The molecule has 8 nitrogen and oxygen atoms in total. The van der Waals surface area contributed by atoms with Gasteiger partial charge in [0.1, 0.15) is 0 Å². The third-order valence-electron chi connectivity index (χ3n) is 4.54. The number of benzene rings is 3. The molecule has 0 aliphatic carbocycles. The predicted molar refractivity (Wildman–Crippen MR) is 129 cm³/mol. The Bertz CT molecular complexity index is 1250. The number of halogens is 3. The summed E-state index contributed by atoms with van der Waals surface area (Å²) in [6, 6.07) is 17.0. The molecule has 2 atom stereocenters. The van der Waals surface area contributed by atoms with Gasteiger partial charge in [0.05, 0.1) is 21.8 Å². The first kappa shape index (κ1) is 26.0. The molecule has 0 fully saturated rings. The fourth-order valence-electron chi connectivity index (χ4n) is 2.80. The number of carbonyl (C=O) groups is 4. The number of carboxylic acids is 1. The van der Waals surface area contributed by atoms with Crippen LogP contribution < -0.4 is 5.32 Å². The van der Waals surface area contributed by atoms with Crippen molar-refractivity contribution in [1.82, 2.24) is 0 Å². The average Bonchev–Trinajstić information content (AvgIpc) is 2.83. The minimum Gasteiger partial charge on any atom is -0.478 e. The fraction of sp³-hybridized carbons (Fsp3) is 0.0833. The van der Waals surface area contributed by atoms with E-state index in [1.807, 2.05) is 0 Å². The van der Waals surface area contributed by atoms with Crippen LogP contribution in [0.4, 0.5) is 5.69 Å². The van der Waals surface area contributed by atoms with Crippen molar-refractivity contribution in [2.24, 2.45) is 0 Å². The van der Waals surface area contributed by atoms with Crippen LogP contribution in [-0.2, 0) is 19.1 Å². The van der Waals surface area contributed by atoms with Crippen LogP contribution in [0.15, 0.2) is 72.8 Å². The van der Waals surface area contributed by atoms with Crippen molar-refractivity contribution in [2.45, 2.75) is 12.2 Å². The third kappa shape index (κ3) is 6.95. The summed E-state index contributed by atoms with van der Waals surface area (Å²) in [7, 11) is 0. The zero-order valence-electron chi connectivity index (χ0n) is 17.6. The van der Waals surface area contributed by atoms with Crippen molar-refractivity contribution >= 4 is 64.3 Å². The second-order valence-electron chi connectivity index (χ2n) is 6.97. The standard InChI is InChI=1S/C24H16Cl3NO7/c25-15-9-5-13(6-10-15)23(32)34-19(21(29)28-18-4-2-1-3-17(18)27)20(22(30)31)35-24(33)14-7-11-16(26)12-8-14/h1-12,19-20H,(H,28,29)(H,30,31)/t19-,20-/m0/s1. The summed E-state index contributed by atoms with van der Waals surface area (Å²) in [4.78, 5) is 50.3. The molecule has 0 saturated carbocycles. The van der Waals surface area contributed by atoms with Crippen molar-refractivity contribution in [3.8, 4) is 0 Å². The predicted octanol–water partition coefficient (Wildman–Crippen LogP) is 5.12. The average molecular weight is 537 g/mol. The molecule has 1 amide bonds. The van der Waals surface area contributed by atoms with Gasteiger partial charge in [0, 0.05) is 10.0 Å². The molecule has 0 aliphatic rings. The Kier molecular flexibility index (Phi) is 8.70. The van der Waals surface area contributed by atoms with Crippen LogP contribution in [0, 0.1) is 0 Å². The molecule has 0 heterocycles. The lowest BCUT2D eigenvalue weighted by Gasteiger charge is -2.23. The molecule has 2 N–H and O–H groups in total. The third-order valence-corrected chi connectivity index (χ3v) is 5.37. The Morgan fingerprint density at radius 2 is 1.14 bits per heavy atom. The summed E-state index contributed by atoms with van der Waals surface area (Å²) in [5, 5.41) is 13.0. The summed E-state index contributed by atoms with van der Waals surface area (Å²) < 4.78 is 10.3. The molecule has 0 aliphatic heterocycles. The lowest BCUT2D eigenvalue weighted by Crippen LogP contribution is -2.48. The molecule has 0 aromatic heterocycles. The summed E-state index contributed by atoms with van der Waals surface area (Å²) in [6.07, 6.45) is -4.28. The van der Waals surface area contributed by atoms with Gasteiger partial charge in [0.25, 0.3) is 5.91 Å². The van der Waals surface area contributed by atoms with E-state index < -0.39 is 36.0 Å². The van der Waals surface area contributed by atoms with E-state index in [4.69, 9.17) is 44.3 Å². The first-order valence-electron chi connectivity index (χ1n) is 9.87. The van der Waals surface area contributed by atoms with Crippen LogP contribution in [0.5, 0.6) is 0 Å². The molecule has 0 unspecified atom stereocenters. The highest BCUT2D eigenvalue weighted by atomic mass is 35.5. The monoisotopic (exact) mass is 535 g/mol. The van der Waals surface area contributed by atoms with Crippen molar-refractivity contribution in [2.75, 3.05) is 5.32 Å². The highest BCUT2D eigenvalue weighted by molar-refractivity contribution is 6.33. The molecule has 180 valence electrons. The topological polar surface area (TPSA) is 119 Å². The van der Waals surface area contributed by atoms with Gasteiger partial charge in [0.2, 0.25) is 12.2 Å². The second-order valence-corrected chi connectivity index (χ2v) is 8.25. The first-order chi connectivity index (χ1) is 16.7. The van der Waals surface area contributed by atoms with Crippen molar-refractivity contribution in [1.29, 1.82) is 0 Å². The Morgan fingerprint density at radius 3 is 1.60 bits per heavy atom. The maximum absolute atomic E-state index is 13.1. The lowest BCUT2D eigenvalue weighted by atomic mass is 10.1. The number of carboxylic acid groups (broad SMARTS) is 1. The Morgan fingerprint density at radius 1 is 0.686 bits per heavy atom. The summed E-state index contributed by atoms with van der Waals surface area (Å²) in [6.45, 7) is 0. The number of para-hydroxylation sites is 1. The SMILES string of the molecule is O=C(O[C@H](C(=O)O)[C@H](OC(=O)c1ccc(Cl)cc1)C(=O)Nc1ccccc1Cl)c1ccc(Cl)cc1. The Hall–Kier alpha value is -3.59. The quantitative estimate of drug-likeness (QED) is 0.383. The van der Waals surface area contributed by atoms with E-state index in [1.54, 1.807) is 12.1 Å². The zero-order chi connectivity index (χ0) is 25.5. The molecule has 0 bridgehead atoms. The van der Waals surface area contributed by atoms with E-state index in [9.17, 15) is 24.3 Å². The Balaban J connectivity index is 1.91. The van der Waals surface area contributed by atoms with Gasteiger partial charge in [-0.05, 0) is 60.7 Å². The highest BCUT2D eigenvalue weighted by Crippen LogP contribution is 2.22. The molecule has 0 radical (unpaired) electrons. The van der Waals surface area contributed by atoms with Crippen LogP contribution in [0.1, 0.15) is 20.7 Å². The molecule has 0 spiro atoms. The summed E-state index contributed by atoms with van der Waals surface area (Å²) in [5.41, 5.74) is 0.0768. The molecular weight excluding hydrogens is 521 g/mol. The van der Waals surface area contributed by atoms with Crippen LogP contribution in [0.25, 0.3) is 0 Å². The second kappa shape index (κ2) is 11.7. The molecule has 3 rings (SSSR count). The number of hydrogen-bond acceptors (Lipinski definition) is 6. The first-order valence-corrected chi connectivity index (χ1v) is 11.0. The van der Waals surface area contributed by atoms with Gasteiger partial charge in [-0.15, -0.1) is 0 Å². The van der Waals surface area contributed by atoms with Gasteiger partial charge in [-0.2, -0.15) is 0 Å². The minimum atomic E-state index is -2.20. The Labute approximate surface area is 214 Å². The summed E-state index contributed by atoms with van der Waals surface area (Å²) >= 11 is 17.7. The minimum absolute atomic E-state index is 0.0156. The van der Waals surface area contributed by atoms with E-state index in [0.29, 0.717) is 10.0 Å². The molecular formula is C24H16Cl3NO7. The van der Waals surface area contributed by atoms with Crippen molar-refractivity contribution < 1.29 is 33.8 Å². The largest absolute Gasteiger partial charge is 0.478 e. The maximum atomic E-state index is 13.1. The molecule has 3 aromatic rings. The highest BCUT2D eigenvalue weighted by Gasteiger charge is 2.41. The van der Waals surface area contributed by atoms with Crippen molar-refractivity contribution in [3.05, 3.63) is 99.0 Å². The van der Waals surface area contributed by atoms with Crippen molar-refractivity contribution in [3.63, 3.8) is 0 Å². The number of amides is 1. The maximum Gasteiger partial charge on any atom is 0.349 e. The van der Waals surface area contributed by atoms with E-state index in [0.717, 1.165) is 0 Å². The van der Waals surface area contributed by atoms with Gasteiger partial charge in [0.15, 0.2) is 0 Å². The molecule has 0 saturated heterocycles. The number of rotatable bonds is 8. The van der Waals surface area contributed by atoms with Crippen LogP contribution >= 0.6 is 34.8 Å². The van der Waals surface area contributed by atoms with E-state index in [1.165, 1.54) is 60.7 Å². The van der Waals surface area contributed by atoms with Crippen LogP contribution in [0.2, 0.25) is 15.1 Å². The lowest BCUT2D eigenvalue weighted by molar-refractivity contribution is -0.157. The van der Waals surface area contributed by atoms with Gasteiger partial charge in [-0.3, -0.25) is 4.79 Å². The number of nitrogens with one attached hydrogen (secondary N) is 1. The van der Waals surface area contributed by atoms with E-state index in [-0.39, 0.29) is 21.8 Å². The number of esters is 2. The molecule has 11 heteroatoms. The molecule has 35 heavy (non-hydrogen) atoms. The van der Waals surface area contributed by atoms with Gasteiger partial charge in [-0.1, -0.05) is 46.9 Å². The van der Waals surface area contributed by atoms with E-state index in [2.05, 4.69) is 5.32 Å². The number of hydrogen-bond donors (Lipinski definition) is 2. The normalized spacial score (nSPS) is 12.2. The van der Waals surface area contributed by atoms with E-state index >= 15 is 0 Å². The van der Waals surface area contributed by atoms with Gasteiger partial charge in [-0.25, -0.2) is 14.4 Å². The molecule has 3 aromatic carbocycles. The van der Waals surface area contributed by atoms with Gasteiger partial charge >= 0.3 is 17.9 Å². The summed E-state index contributed by atoms with van der Waals surface area (Å²) in [5.74, 6) is -4.94. The fourth-order valence-corrected chi connectivity index (χ4v) is 3.23.